The van der Waals surface area contributed by atoms with E-state index in [-0.39, 0.29) is 17.9 Å². The summed E-state index contributed by atoms with van der Waals surface area (Å²) in [7, 11) is 0. The molecule has 4 unspecified atom stereocenters. The molecule has 0 aromatic carbocycles. The Kier molecular flexibility index (Phi) is 3.36. The van der Waals surface area contributed by atoms with Gasteiger partial charge in [0.1, 0.15) is 6.04 Å². The van der Waals surface area contributed by atoms with Crippen LogP contribution in [0.25, 0.3) is 0 Å². The number of nitrogens with zero attached hydrogens (tertiary/aromatic N) is 1. The van der Waals surface area contributed by atoms with Gasteiger partial charge in [-0.1, -0.05) is 13.3 Å². The first kappa shape index (κ1) is 13.3. The predicted octanol–water partition coefficient (Wildman–Crippen LogP) is 0.825. The summed E-state index contributed by atoms with van der Waals surface area (Å²) in [5.41, 5.74) is 5.47. The van der Waals surface area contributed by atoms with Gasteiger partial charge in [-0.05, 0) is 32.1 Å². The standard InChI is InChI=1S/C13H22N2O3/c1-8-5-7-15(10(8)11(16)17)12(18)13(2)6-3-4-9(13)14/h8-10H,3-7,14H2,1-2H3,(H,16,17). The lowest BCUT2D eigenvalue weighted by Gasteiger charge is -2.34. The maximum Gasteiger partial charge on any atom is 0.326 e. The molecule has 2 rings (SSSR count). The highest BCUT2D eigenvalue weighted by molar-refractivity contribution is 5.88. The minimum absolute atomic E-state index is 0.0210. The largest absolute Gasteiger partial charge is 0.480 e. The third-order valence-electron chi connectivity index (χ3n) is 4.73. The number of carbonyl (C=O) groups is 2. The van der Waals surface area contributed by atoms with E-state index >= 15 is 0 Å². The van der Waals surface area contributed by atoms with Gasteiger partial charge in [0.25, 0.3) is 0 Å². The quantitative estimate of drug-likeness (QED) is 0.764. The molecule has 1 saturated heterocycles. The average Bonchev–Trinajstić information content (AvgIpc) is 2.83. The minimum atomic E-state index is -0.900. The summed E-state index contributed by atoms with van der Waals surface area (Å²) in [5.74, 6) is -0.944. The first-order chi connectivity index (χ1) is 8.38. The zero-order valence-corrected chi connectivity index (χ0v) is 11.1. The Morgan fingerprint density at radius 3 is 2.56 bits per heavy atom. The number of carbonyl (C=O) groups excluding carboxylic acids is 1. The van der Waals surface area contributed by atoms with Gasteiger partial charge >= 0.3 is 5.97 Å². The molecule has 102 valence electrons. The van der Waals surface area contributed by atoms with Gasteiger partial charge in [-0.25, -0.2) is 4.79 Å². The van der Waals surface area contributed by atoms with Crippen LogP contribution < -0.4 is 5.73 Å². The van der Waals surface area contributed by atoms with E-state index in [0.717, 1.165) is 25.7 Å². The molecule has 1 heterocycles. The summed E-state index contributed by atoms with van der Waals surface area (Å²) in [6.45, 7) is 4.32. The van der Waals surface area contributed by atoms with E-state index in [9.17, 15) is 14.7 Å². The first-order valence-corrected chi connectivity index (χ1v) is 6.67. The number of hydrogen-bond donors (Lipinski definition) is 2. The second kappa shape index (κ2) is 4.53. The number of aliphatic carboxylic acids is 1. The normalized spacial score (nSPS) is 40.2. The molecule has 2 aliphatic rings. The van der Waals surface area contributed by atoms with Crippen molar-refractivity contribution in [2.75, 3.05) is 6.54 Å². The maximum absolute atomic E-state index is 12.6. The fourth-order valence-corrected chi connectivity index (χ4v) is 3.34. The molecule has 0 aromatic rings. The number of nitrogens with two attached hydrogens (primary N) is 1. The molecule has 5 nitrogen and oxygen atoms in total. The predicted molar refractivity (Wildman–Crippen MR) is 66.9 cm³/mol. The van der Waals surface area contributed by atoms with Crippen molar-refractivity contribution >= 4 is 11.9 Å². The van der Waals surface area contributed by atoms with Gasteiger partial charge in [-0.15, -0.1) is 0 Å². The highest BCUT2D eigenvalue weighted by Gasteiger charge is 2.49. The summed E-state index contributed by atoms with van der Waals surface area (Å²) in [6, 6.07) is -0.822. The molecule has 1 aliphatic carbocycles. The zero-order valence-electron chi connectivity index (χ0n) is 11.1. The van der Waals surface area contributed by atoms with E-state index in [1.807, 2.05) is 13.8 Å². The molecular weight excluding hydrogens is 232 g/mol. The van der Waals surface area contributed by atoms with Crippen LogP contribution in [0.1, 0.15) is 39.5 Å². The van der Waals surface area contributed by atoms with Crippen molar-refractivity contribution in [3.63, 3.8) is 0 Å². The van der Waals surface area contributed by atoms with E-state index in [1.54, 1.807) is 0 Å². The van der Waals surface area contributed by atoms with E-state index < -0.39 is 17.4 Å². The fourth-order valence-electron chi connectivity index (χ4n) is 3.34. The zero-order chi connectivity index (χ0) is 13.5. The van der Waals surface area contributed by atoms with Crippen molar-refractivity contribution in [2.45, 2.75) is 51.6 Å². The molecule has 0 spiro atoms. The minimum Gasteiger partial charge on any atom is -0.480 e. The lowest BCUT2D eigenvalue weighted by molar-refractivity contribution is -0.154. The van der Waals surface area contributed by atoms with Gasteiger partial charge in [-0.3, -0.25) is 4.79 Å². The topological polar surface area (TPSA) is 83.6 Å². The molecule has 4 atom stereocenters. The lowest BCUT2D eigenvalue weighted by Crippen LogP contribution is -2.53. The van der Waals surface area contributed by atoms with Crippen LogP contribution in [-0.4, -0.2) is 40.5 Å². The van der Waals surface area contributed by atoms with Crippen LogP contribution in [0.3, 0.4) is 0 Å². The van der Waals surface area contributed by atoms with Crippen molar-refractivity contribution in [1.29, 1.82) is 0 Å². The van der Waals surface area contributed by atoms with Crippen molar-refractivity contribution in [3.05, 3.63) is 0 Å². The molecule has 1 amide bonds. The van der Waals surface area contributed by atoms with Gasteiger partial charge < -0.3 is 15.7 Å². The van der Waals surface area contributed by atoms with Gasteiger partial charge in [0.15, 0.2) is 0 Å². The van der Waals surface area contributed by atoms with E-state index in [1.165, 1.54) is 4.90 Å². The molecule has 5 heteroatoms. The molecular formula is C13H22N2O3. The van der Waals surface area contributed by atoms with Crippen LogP contribution in [0.15, 0.2) is 0 Å². The fraction of sp³-hybridized carbons (Fsp3) is 0.846. The lowest BCUT2D eigenvalue weighted by atomic mass is 9.83. The number of hydrogen-bond acceptors (Lipinski definition) is 3. The van der Waals surface area contributed by atoms with Crippen molar-refractivity contribution in [1.82, 2.24) is 4.90 Å². The highest BCUT2D eigenvalue weighted by Crippen LogP contribution is 2.40. The summed E-state index contributed by atoms with van der Waals surface area (Å²) in [4.78, 5) is 25.5. The summed E-state index contributed by atoms with van der Waals surface area (Å²) >= 11 is 0. The van der Waals surface area contributed by atoms with E-state index in [2.05, 4.69) is 0 Å². The average molecular weight is 254 g/mol. The van der Waals surface area contributed by atoms with Crippen LogP contribution in [0, 0.1) is 11.3 Å². The van der Waals surface area contributed by atoms with Gasteiger partial charge in [0.05, 0.1) is 5.41 Å². The number of amides is 1. The van der Waals surface area contributed by atoms with Crippen LogP contribution in [0.5, 0.6) is 0 Å². The molecule has 0 aromatic heterocycles. The van der Waals surface area contributed by atoms with E-state index in [4.69, 9.17) is 5.73 Å². The molecule has 0 radical (unpaired) electrons. The Balaban J connectivity index is 2.21. The molecule has 1 saturated carbocycles. The third-order valence-corrected chi connectivity index (χ3v) is 4.73. The monoisotopic (exact) mass is 254 g/mol. The SMILES string of the molecule is CC1CCN(C(=O)C2(C)CCCC2N)C1C(=O)O. The van der Waals surface area contributed by atoms with Gasteiger partial charge in [0.2, 0.25) is 5.91 Å². The number of rotatable bonds is 2. The van der Waals surface area contributed by atoms with Crippen LogP contribution in [-0.2, 0) is 9.59 Å². The van der Waals surface area contributed by atoms with Crippen LogP contribution in [0.2, 0.25) is 0 Å². The smallest absolute Gasteiger partial charge is 0.326 e. The molecule has 2 fully saturated rings. The van der Waals surface area contributed by atoms with Crippen molar-refractivity contribution in [2.24, 2.45) is 17.1 Å². The second-order valence-electron chi connectivity index (χ2n) is 5.96. The van der Waals surface area contributed by atoms with Crippen LogP contribution >= 0.6 is 0 Å². The third kappa shape index (κ3) is 1.90. The summed E-state index contributed by atoms with van der Waals surface area (Å²) in [6.07, 6.45) is 3.33. The molecule has 3 N–H and O–H groups in total. The van der Waals surface area contributed by atoms with Crippen LogP contribution in [0.4, 0.5) is 0 Å². The Hall–Kier alpha value is -1.10. The highest BCUT2D eigenvalue weighted by atomic mass is 16.4. The Morgan fingerprint density at radius 1 is 1.39 bits per heavy atom. The van der Waals surface area contributed by atoms with E-state index in [0.29, 0.717) is 6.54 Å². The number of carboxylic acids is 1. The van der Waals surface area contributed by atoms with Crippen molar-refractivity contribution in [3.8, 4) is 0 Å². The summed E-state index contributed by atoms with van der Waals surface area (Å²) in [5, 5.41) is 9.27. The summed E-state index contributed by atoms with van der Waals surface area (Å²) < 4.78 is 0. The molecule has 0 bridgehead atoms. The molecule has 1 aliphatic heterocycles. The number of likely N-dealkylation sites (tertiary alicyclic amines) is 1. The molecule has 18 heavy (non-hydrogen) atoms. The second-order valence-corrected chi connectivity index (χ2v) is 5.96. The Bertz CT molecular complexity index is 371. The van der Waals surface area contributed by atoms with Crippen molar-refractivity contribution < 1.29 is 14.7 Å². The van der Waals surface area contributed by atoms with Gasteiger partial charge in [0, 0.05) is 12.6 Å². The first-order valence-electron chi connectivity index (χ1n) is 6.67. The number of carboxylic acid groups (broad SMARTS) is 1. The Morgan fingerprint density at radius 2 is 2.06 bits per heavy atom. The van der Waals surface area contributed by atoms with Gasteiger partial charge in [-0.2, -0.15) is 0 Å². The maximum atomic E-state index is 12.6. The Labute approximate surface area is 107 Å².